The standard InChI is InChI=1S/C71H126O6/c1-4-7-10-13-16-19-22-25-28-31-33-35-37-38-40-43-46-49-52-55-58-61-64-70(73)76-67-68(66-75-69(72)63-60-57-54-51-48-45-42-30-27-24-21-18-15-12-9-6-3)77-71(74)65-62-59-56-53-50-47-44-41-39-36-34-32-29-26-23-20-17-14-11-8-5-2/h8,11,17,20,26,29,34,36,41,44,50,53,68H,4-7,9-10,12-16,18-19,21-25,27-28,30-33,35,37-40,42-43,45-49,51-52,54-67H2,1-3H3/b11-8-,20-17-,29-26-,36-34-,44-41-,53-50-. The molecule has 446 valence electrons. The molecule has 0 rings (SSSR count). The summed E-state index contributed by atoms with van der Waals surface area (Å²) in [7, 11) is 0. The topological polar surface area (TPSA) is 78.9 Å². The zero-order valence-electron chi connectivity index (χ0n) is 51.2. The lowest BCUT2D eigenvalue weighted by Gasteiger charge is -2.18. The number of ether oxygens (including phenoxy) is 3. The summed E-state index contributed by atoms with van der Waals surface area (Å²) in [5, 5.41) is 0. The molecule has 1 unspecified atom stereocenters. The van der Waals surface area contributed by atoms with Crippen molar-refractivity contribution in [1.82, 2.24) is 0 Å². The molecule has 1 atom stereocenters. The first-order chi connectivity index (χ1) is 38.0. The largest absolute Gasteiger partial charge is 0.462 e. The normalized spacial score (nSPS) is 12.5. The summed E-state index contributed by atoms with van der Waals surface area (Å²) in [5.41, 5.74) is 0. The lowest BCUT2D eigenvalue weighted by Crippen LogP contribution is -2.30. The average molecular weight is 1080 g/mol. The van der Waals surface area contributed by atoms with Gasteiger partial charge < -0.3 is 14.2 Å². The summed E-state index contributed by atoms with van der Waals surface area (Å²) >= 11 is 0. The minimum atomic E-state index is -0.797. The molecule has 0 radical (unpaired) electrons. The minimum absolute atomic E-state index is 0.0885. The van der Waals surface area contributed by atoms with Crippen LogP contribution in [-0.2, 0) is 28.6 Å². The second-order valence-corrected chi connectivity index (χ2v) is 22.4. The average Bonchev–Trinajstić information content (AvgIpc) is 3.43. The first-order valence-corrected chi connectivity index (χ1v) is 33.4. The lowest BCUT2D eigenvalue weighted by atomic mass is 10.0. The van der Waals surface area contributed by atoms with Gasteiger partial charge in [0, 0.05) is 19.3 Å². The third kappa shape index (κ3) is 63.6. The van der Waals surface area contributed by atoms with Crippen molar-refractivity contribution in [3.63, 3.8) is 0 Å². The van der Waals surface area contributed by atoms with Gasteiger partial charge in [-0.1, -0.05) is 325 Å². The highest BCUT2D eigenvalue weighted by molar-refractivity contribution is 5.71. The highest BCUT2D eigenvalue weighted by Gasteiger charge is 2.19. The van der Waals surface area contributed by atoms with E-state index in [4.69, 9.17) is 14.2 Å². The van der Waals surface area contributed by atoms with Crippen LogP contribution in [0.15, 0.2) is 72.9 Å². The molecule has 0 aromatic rings. The van der Waals surface area contributed by atoms with E-state index in [0.717, 1.165) is 89.9 Å². The van der Waals surface area contributed by atoms with E-state index in [2.05, 4.69) is 93.7 Å². The molecule has 0 bridgehead atoms. The van der Waals surface area contributed by atoms with Crippen molar-refractivity contribution in [2.24, 2.45) is 0 Å². The molecule has 77 heavy (non-hydrogen) atoms. The van der Waals surface area contributed by atoms with Crippen molar-refractivity contribution in [1.29, 1.82) is 0 Å². The summed E-state index contributed by atoms with van der Waals surface area (Å²) in [6, 6.07) is 0. The van der Waals surface area contributed by atoms with Gasteiger partial charge in [0.25, 0.3) is 0 Å². The van der Waals surface area contributed by atoms with E-state index in [1.54, 1.807) is 0 Å². The Morgan fingerprint density at radius 3 is 0.792 bits per heavy atom. The van der Waals surface area contributed by atoms with E-state index in [1.165, 1.54) is 205 Å². The predicted molar refractivity (Wildman–Crippen MR) is 335 cm³/mol. The minimum Gasteiger partial charge on any atom is -0.462 e. The van der Waals surface area contributed by atoms with Crippen molar-refractivity contribution >= 4 is 17.9 Å². The summed E-state index contributed by atoms with van der Waals surface area (Å²) in [6.07, 6.45) is 84.9. The molecule has 0 spiro atoms. The van der Waals surface area contributed by atoms with Gasteiger partial charge in [0.15, 0.2) is 6.10 Å². The quantitative estimate of drug-likeness (QED) is 0.0261. The molecule has 0 heterocycles. The summed E-state index contributed by atoms with van der Waals surface area (Å²) in [6.45, 7) is 6.55. The SMILES string of the molecule is CC/C=C\C/C=C\C/C=C\C/C=C\C/C=C\C/C=C\CCCCC(=O)OC(COC(=O)CCCCCCCCCCCCCCCCCC)COC(=O)CCCCCCCCCCCCCCCCCCCCCCCC. The van der Waals surface area contributed by atoms with Crippen molar-refractivity contribution in [2.45, 2.75) is 348 Å². The second-order valence-electron chi connectivity index (χ2n) is 22.4. The highest BCUT2D eigenvalue weighted by atomic mass is 16.6. The number of unbranched alkanes of at least 4 members (excludes halogenated alkanes) is 38. The van der Waals surface area contributed by atoms with Gasteiger partial charge in [0.1, 0.15) is 13.2 Å². The Bertz CT molecular complexity index is 1420. The maximum atomic E-state index is 12.9. The molecule has 6 nitrogen and oxygen atoms in total. The molecule has 0 aromatic heterocycles. The molecule has 6 heteroatoms. The summed E-state index contributed by atoms with van der Waals surface area (Å²) in [5.74, 6) is -0.911. The van der Waals surface area contributed by atoms with Crippen molar-refractivity contribution in [3.05, 3.63) is 72.9 Å². The number of carbonyl (C=O) groups is 3. The van der Waals surface area contributed by atoms with E-state index < -0.39 is 6.10 Å². The van der Waals surface area contributed by atoms with Gasteiger partial charge >= 0.3 is 17.9 Å². The molecule has 0 aliphatic heterocycles. The number of hydrogen-bond acceptors (Lipinski definition) is 6. The monoisotopic (exact) mass is 1070 g/mol. The van der Waals surface area contributed by atoms with Crippen molar-refractivity contribution in [3.8, 4) is 0 Å². The van der Waals surface area contributed by atoms with Crippen LogP contribution in [0.5, 0.6) is 0 Å². The Labute approximate surface area is 478 Å². The van der Waals surface area contributed by atoms with Crippen LogP contribution >= 0.6 is 0 Å². The van der Waals surface area contributed by atoms with Crippen LogP contribution in [0, 0.1) is 0 Å². The Balaban J connectivity index is 4.40. The van der Waals surface area contributed by atoms with E-state index >= 15 is 0 Å². The van der Waals surface area contributed by atoms with Crippen LogP contribution < -0.4 is 0 Å². The van der Waals surface area contributed by atoms with Gasteiger partial charge in [-0.3, -0.25) is 14.4 Å². The molecule has 0 saturated heterocycles. The number of rotatable bonds is 61. The zero-order valence-corrected chi connectivity index (χ0v) is 51.2. The smallest absolute Gasteiger partial charge is 0.306 e. The van der Waals surface area contributed by atoms with E-state index in [0.29, 0.717) is 19.3 Å². The Hall–Kier alpha value is -3.15. The van der Waals surface area contributed by atoms with E-state index in [1.807, 2.05) is 0 Å². The van der Waals surface area contributed by atoms with E-state index in [9.17, 15) is 14.4 Å². The number of esters is 3. The maximum absolute atomic E-state index is 12.9. The molecule has 0 aromatic carbocycles. The van der Waals surface area contributed by atoms with Gasteiger partial charge in [-0.2, -0.15) is 0 Å². The van der Waals surface area contributed by atoms with Crippen LogP contribution in [0.2, 0.25) is 0 Å². The fourth-order valence-corrected chi connectivity index (χ4v) is 9.74. The fraction of sp³-hybridized carbons (Fsp3) is 0.789. The zero-order chi connectivity index (χ0) is 55.7. The van der Waals surface area contributed by atoms with Gasteiger partial charge in [-0.25, -0.2) is 0 Å². The molecule has 0 fully saturated rings. The van der Waals surface area contributed by atoms with Crippen LogP contribution in [0.3, 0.4) is 0 Å². The summed E-state index contributed by atoms with van der Waals surface area (Å²) in [4.78, 5) is 38.4. The fourth-order valence-electron chi connectivity index (χ4n) is 9.74. The maximum Gasteiger partial charge on any atom is 0.306 e. The van der Waals surface area contributed by atoms with Gasteiger partial charge in [-0.05, 0) is 70.6 Å². The van der Waals surface area contributed by atoms with Crippen LogP contribution in [0.1, 0.15) is 342 Å². The number of allylic oxidation sites excluding steroid dienone is 12. The first kappa shape index (κ1) is 73.8. The molecule has 0 N–H and O–H groups in total. The van der Waals surface area contributed by atoms with Crippen LogP contribution in [0.25, 0.3) is 0 Å². The second kappa shape index (κ2) is 65.4. The van der Waals surface area contributed by atoms with Crippen LogP contribution in [-0.4, -0.2) is 37.2 Å². The Morgan fingerprint density at radius 2 is 0.506 bits per heavy atom. The molecular formula is C71H126O6. The van der Waals surface area contributed by atoms with Crippen molar-refractivity contribution < 1.29 is 28.6 Å². The summed E-state index contributed by atoms with van der Waals surface area (Å²) < 4.78 is 16.9. The number of carbonyl (C=O) groups excluding carboxylic acids is 3. The first-order valence-electron chi connectivity index (χ1n) is 33.4. The highest BCUT2D eigenvalue weighted by Crippen LogP contribution is 2.18. The lowest BCUT2D eigenvalue weighted by molar-refractivity contribution is -0.167. The Morgan fingerprint density at radius 1 is 0.273 bits per heavy atom. The molecule has 0 saturated carbocycles. The van der Waals surface area contributed by atoms with E-state index in [-0.39, 0.29) is 37.5 Å². The third-order valence-corrected chi connectivity index (χ3v) is 14.7. The van der Waals surface area contributed by atoms with Gasteiger partial charge in [0.2, 0.25) is 0 Å². The molecule has 0 aliphatic rings. The molecule has 0 amide bonds. The molecule has 0 aliphatic carbocycles. The van der Waals surface area contributed by atoms with Crippen molar-refractivity contribution in [2.75, 3.05) is 13.2 Å². The predicted octanol–water partition coefficient (Wildman–Crippen LogP) is 22.9. The molecular weight excluding hydrogens is 949 g/mol. The third-order valence-electron chi connectivity index (χ3n) is 14.7. The number of hydrogen-bond donors (Lipinski definition) is 0. The van der Waals surface area contributed by atoms with Gasteiger partial charge in [0.05, 0.1) is 0 Å². The Kier molecular flexibility index (Phi) is 62.7. The van der Waals surface area contributed by atoms with Crippen LogP contribution in [0.4, 0.5) is 0 Å². The van der Waals surface area contributed by atoms with Gasteiger partial charge in [-0.15, -0.1) is 0 Å².